The molecule has 0 radical (unpaired) electrons. The number of hydrogen-bond acceptors (Lipinski definition) is 2. The Bertz CT molecular complexity index is 378. The second kappa shape index (κ2) is 6.13. The van der Waals surface area contributed by atoms with Crippen LogP contribution in [0, 0.1) is 5.92 Å². The molecule has 7 heteroatoms. The maximum Gasteiger partial charge on any atom is 0.406 e. The summed E-state index contributed by atoms with van der Waals surface area (Å²) in [5.74, 6) is -1.03. The zero-order valence-corrected chi connectivity index (χ0v) is 10.5. The maximum absolute atomic E-state index is 12.4. The summed E-state index contributed by atoms with van der Waals surface area (Å²) in [4.78, 5) is 12.5. The van der Waals surface area contributed by atoms with E-state index in [0.717, 1.165) is 0 Å². The van der Waals surface area contributed by atoms with Crippen molar-refractivity contribution in [1.29, 1.82) is 0 Å². The lowest BCUT2D eigenvalue weighted by Crippen LogP contribution is -2.41. The molecular weight excluding hydrogens is 271 g/mol. The predicted octanol–water partition coefficient (Wildman–Crippen LogP) is 3.05. The van der Waals surface area contributed by atoms with Gasteiger partial charge in [-0.2, -0.15) is 13.2 Å². The van der Waals surface area contributed by atoms with E-state index in [0.29, 0.717) is 10.7 Å². The molecule has 0 fully saturated rings. The largest absolute Gasteiger partial charge is 0.467 e. The van der Waals surface area contributed by atoms with E-state index >= 15 is 0 Å². The van der Waals surface area contributed by atoms with Gasteiger partial charge in [0.2, 0.25) is 5.91 Å². The first kappa shape index (κ1) is 14.9. The molecular formula is C11H13ClF3NO2. The second-order valence-corrected chi connectivity index (χ2v) is 4.25. The number of furan rings is 1. The number of carbonyl (C=O) groups excluding carboxylic acids is 1. The molecule has 0 bridgehead atoms. The van der Waals surface area contributed by atoms with Crippen LogP contribution in [0.3, 0.4) is 0 Å². The highest BCUT2D eigenvalue weighted by molar-refractivity contribution is 6.19. The molecule has 18 heavy (non-hydrogen) atoms. The summed E-state index contributed by atoms with van der Waals surface area (Å²) in [6.45, 7) is -0.0405. The number of amides is 1. The third kappa shape index (κ3) is 4.60. The summed E-state index contributed by atoms with van der Waals surface area (Å²) < 4.78 is 42.2. The van der Waals surface area contributed by atoms with E-state index in [1.807, 2.05) is 0 Å². The fraction of sp³-hybridized carbons (Fsp3) is 0.545. The van der Waals surface area contributed by atoms with Crippen molar-refractivity contribution < 1.29 is 22.4 Å². The minimum absolute atomic E-state index is 0.0225. The van der Waals surface area contributed by atoms with Crippen LogP contribution in [0.2, 0.25) is 0 Å². The number of hydrogen-bond donors (Lipinski definition) is 0. The Morgan fingerprint density at radius 1 is 1.56 bits per heavy atom. The number of carbonyl (C=O) groups is 1. The summed E-state index contributed by atoms with van der Waals surface area (Å²) >= 11 is 5.49. The Balaban J connectivity index is 2.78. The molecule has 3 nitrogen and oxygen atoms in total. The zero-order valence-electron chi connectivity index (χ0n) is 9.71. The quantitative estimate of drug-likeness (QED) is 0.778. The van der Waals surface area contributed by atoms with Gasteiger partial charge in [-0.1, -0.05) is 6.92 Å². The molecule has 0 aliphatic heterocycles. The molecule has 0 aliphatic carbocycles. The van der Waals surface area contributed by atoms with E-state index in [9.17, 15) is 18.0 Å². The van der Waals surface area contributed by atoms with E-state index < -0.39 is 24.5 Å². The molecule has 1 rings (SSSR count). The molecule has 1 amide bonds. The molecule has 0 N–H and O–H groups in total. The summed E-state index contributed by atoms with van der Waals surface area (Å²) in [7, 11) is 0. The fourth-order valence-corrected chi connectivity index (χ4v) is 1.53. The summed E-state index contributed by atoms with van der Waals surface area (Å²) in [5.41, 5.74) is 0. The maximum atomic E-state index is 12.4. The molecule has 1 atom stereocenters. The van der Waals surface area contributed by atoms with Crippen LogP contribution >= 0.6 is 11.6 Å². The highest BCUT2D eigenvalue weighted by atomic mass is 35.5. The molecule has 0 aromatic carbocycles. The Morgan fingerprint density at radius 2 is 2.22 bits per heavy atom. The van der Waals surface area contributed by atoms with Gasteiger partial charge in [0.05, 0.1) is 12.8 Å². The third-order valence-corrected chi connectivity index (χ3v) is 2.72. The first-order valence-electron chi connectivity index (χ1n) is 5.27. The van der Waals surface area contributed by atoms with Crippen LogP contribution in [0.1, 0.15) is 12.7 Å². The van der Waals surface area contributed by atoms with Gasteiger partial charge in [0, 0.05) is 11.8 Å². The third-order valence-electron chi connectivity index (χ3n) is 2.26. The van der Waals surface area contributed by atoms with Crippen molar-refractivity contribution in [2.24, 2.45) is 5.92 Å². The van der Waals surface area contributed by atoms with Gasteiger partial charge >= 0.3 is 6.18 Å². The van der Waals surface area contributed by atoms with Gasteiger partial charge < -0.3 is 9.32 Å². The Morgan fingerprint density at radius 3 is 2.67 bits per heavy atom. The normalized spacial score (nSPS) is 13.4. The van der Waals surface area contributed by atoms with Crippen molar-refractivity contribution in [3.63, 3.8) is 0 Å². The lowest BCUT2D eigenvalue weighted by atomic mass is 10.2. The van der Waals surface area contributed by atoms with Crippen molar-refractivity contribution in [2.45, 2.75) is 19.6 Å². The van der Waals surface area contributed by atoms with Gasteiger partial charge in [0.1, 0.15) is 12.3 Å². The standard InChI is InChI=1S/C11H13ClF3NO2/c1-8(5-12)10(17)16(7-11(13,14)15)6-9-3-2-4-18-9/h2-4,8H,5-7H2,1H3. The van der Waals surface area contributed by atoms with Gasteiger partial charge in [-0.3, -0.25) is 4.79 Å². The van der Waals surface area contributed by atoms with Crippen LogP contribution in [-0.2, 0) is 11.3 Å². The van der Waals surface area contributed by atoms with Crippen LogP contribution in [0.5, 0.6) is 0 Å². The number of rotatable bonds is 5. The topological polar surface area (TPSA) is 33.5 Å². The molecule has 0 saturated carbocycles. The first-order chi connectivity index (χ1) is 8.33. The highest BCUT2D eigenvalue weighted by Crippen LogP contribution is 2.20. The van der Waals surface area contributed by atoms with E-state index in [4.69, 9.17) is 16.0 Å². The molecule has 0 aliphatic rings. The number of halogens is 4. The van der Waals surface area contributed by atoms with Crippen molar-refractivity contribution in [3.05, 3.63) is 24.2 Å². The van der Waals surface area contributed by atoms with Crippen molar-refractivity contribution >= 4 is 17.5 Å². The van der Waals surface area contributed by atoms with Gasteiger partial charge in [0.15, 0.2) is 0 Å². The minimum Gasteiger partial charge on any atom is -0.467 e. The number of nitrogens with zero attached hydrogens (tertiary/aromatic N) is 1. The van der Waals surface area contributed by atoms with Crippen LogP contribution in [0.25, 0.3) is 0 Å². The van der Waals surface area contributed by atoms with E-state index in [2.05, 4.69) is 0 Å². The summed E-state index contributed by atoms with van der Waals surface area (Å²) in [6.07, 6.45) is -3.11. The molecule has 1 heterocycles. The van der Waals surface area contributed by atoms with Crippen LogP contribution < -0.4 is 0 Å². The van der Waals surface area contributed by atoms with Gasteiger partial charge in [-0.25, -0.2) is 0 Å². The van der Waals surface area contributed by atoms with Gasteiger partial charge in [-0.15, -0.1) is 11.6 Å². The Kier molecular flexibility index (Phi) is 5.07. The van der Waals surface area contributed by atoms with Crippen LogP contribution in [-0.4, -0.2) is 29.4 Å². The first-order valence-corrected chi connectivity index (χ1v) is 5.81. The second-order valence-electron chi connectivity index (χ2n) is 3.94. The molecule has 1 aromatic heterocycles. The SMILES string of the molecule is CC(CCl)C(=O)N(Cc1ccco1)CC(F)(F)F. The predicted molar refractivity (Wildman–Crippen MR) is 60.1 cm³/mol. The molecule has 1 aromatic rings. The van der Waals surface area contributed by atoms with Crippen molar-refractivity contribution in [2.75, 3.05) is 12.4 Å². The summed E-state index contributed by atoms with van der Waals surface area (Å²) in [5, 5.41) is 0. The summed E-state index contributed by atoms with van der Waals surface area (Å²) in [6, 6.07) is 3.07. The van der Waals surface area contributed by atoms with Gasteiger partial charge in [0.25, 0.3) is 0 Å². The molecule has 0 saturated heterocycles. The molecule has 1 unspecified atom stereocenters. The van der Waals surface area contributed by atoms with E-state index in [-0.39, 0.29) is 12.4 Å². The van der Waals surface area contributed by atoms with Crippen LogP contribution in [0.15, 0.2) is 22.8 Å². The lowest BCUT2D eigenvalue weighted by Gasteiger charge is -2.25. The van der Waals surface area contributed by atoms with E-state index in [1.54, 1.807) is 6.07 Å². The monoisotopic (exact) mass is 283 g/mol. The fourth-order valence-electron chi connectivity index (χ4n) is 1.40. The van der Waals surface area contributed by atoms with E-state index in [1.165, 1.54) is 19.3 Å². The smallest absolute Gasteiger partial charge is 0.406 e. The molecule has 0 spiro atoms. The van der Waals surface area contributed by atoms with Crippen molar-refractivity contribution in [1.82, 2.24) is 4.90 Å². The lowest BCUT2D eigenvalue weighted by molar-refractivity contribution is -0.164. The Labute approximate surface area is 108 Å². The average molecular weight is 284 g/mol. The Hall–Kier alpha value is -1.17. The molecule has 102 valence electrons. The average Bonchev–Trinajstić information content (AvgIpc) is 2.77. The van der Waals surface area contributed by atoms with Gasteiger partial charge in [-0.05, 0) is 12.1 Å². The zero-order chi connectivity index (χ0) is 13.8. The van der Waals surface area contributed by atoms with Crippen LogP contribution in [0.4, 0.5) is 13.2 Å². The number of alkyl halides is 4. The van der Waals surface area contributed by atoms with Crippen molar-refractivity contribution in [3.8, 4) is 0 Å². The minimum atomic E-state index is -4.45. The highest BCUT2D eigenvalue weighted by Gasteiger charge is 2.34.